The van der Waals surface area contributed by atoms with Crippen molar-refractivity contribution in [3.05, 3.63) is 40.9 Å². The van der Waals surface area contributed by atoms with E-state index in [0.717, 1.165) is 10.8 Å². The molecule has 0 radical (unpaired) electrons. The van der Waals surface area contributed by atoms with E-state index in [1.807, 2.05) is 24.3 Å². The Labute approximate surface area is 92.4 Å². The molecule has 2 aromatic carbocycles. The van der Waals surface area contributed by atoms with Gasteiger partial charge >= 0.3 is 0 Å². The summed E-state index contributed by atoms with van der Waals surface area (Å²) >= 11 is 1.03. The maximum atomic E-state index is 10.8. The molecule has 0 heterocycles. The van der Waals surface area contributed by atoms with Gasteiger partial charge in [0.25, 0.3) is 0 Å². The maximum absolute atomic E-state index is 10.8. The van der Waals surface area contributed by atoms with Gasteiger partial charge in [0.1, 0.15) is 0 Å². The van der Waals surface area contributed by atoms with Crippen molar-refractivity contribution in [1.29, 1.82) is 0 Å². The second-order valence-corrected chi connectivity index (χ2v) is 4.63. The third-order valence-electron chi connectivity index (χ3n) is 1.98. The molecule has 2 aromatic rings. The van der Waals surface area contributed by atoms with Crippen LogP contribution in [0, 0.1) is 0 Å². The van der Waals surface area contributed by atoms with Gasteiger partial charge in [-0.3, -0.25) is 4.21 Å². The Hall–Kier alpha value is -0.710. The number of rotatable bonds is 1. The summed E-state index contributed by atoms with van der Waals surface area (Å²) in [6, 6.07) is 11.1. The van der Waals surface area contributed by atoms with Crippen LogP contribution < -0.4 is 0 Å². The van der Waals surface area contributed by atoms with Gasteiger partial charge in [-0.25, -0.2) is 0 Å². The molecule has 0 spiro atoms. The van der Waals surface area contributed by atoms with E-state index in [2.05, 4.69) is 15.9 Å². The molecular weight excluding hydrogens is 264 g/mol. The highest BCUT2D eigenvalue weighted by Crippen LogP contribution is 2.26. The molecule has 0 aromatic heterocycles. The summed E-state index contributed by atoms with van der Waals surface area (Å²) in [6.45, 7) is 0. The van der Waals surface area contributed by atoms with Crippen molar-refractivity contribution >= 4 is 37.8 Å². The van der Waals surface area contributed by atoms with E-state index in [4.69, 9.17) is 0 Å². The summed E-state index contributed by atoms with van der Waals surface area (Å²) in [6.07, 6.45) is 0. The molecule has 0 amide bonds. The predicted octanol–water partition coefficient (Wildman–Crippen LogP) is 2.84. The minimum atomic E-state index is -2.19. The first kappa shape index (κ1) is 9.83. The van der Waals surface area contributed by atoms with E-state index in [9.17, 15) is 8.76 Å². The fourth-order valence-electron chi connectivity index (χ4n) is 1.32. The van der Waals surface area contributed by atoms with Crippen molar-refractivity contribution in [3.8, 4) is 0 Å². The minimum absolute atomic E-state index is 0.295. The summed E-state index contributed by atoms with van der Waals surface area (Å²) in [5.41, 5.74) is 0. The van der Waals surface area contributed by atoms with Gasteiger partial charge in [-0.2, -0.15) is 0 Å². The van der Waals surface area contributed by atoms with E-state index in [-0.39, 0.29) is 0 Å². The highest BCUT2D eigenvalue weighted by Gasteiger charge is 2.02. The molecule has 0 saturated heterocycles. The fraction of sp³-hybridized carbons (Fsp3) is 0. The van der Waals surface area contributed by atoms with E-state index in [1.54, 1.807) is 12.1 Å². The molecular formula is C10H6BrO2S-. The molecule has 0 aliphatic heterocycles. The standard InChI is InChI=1S/C10H7BrO2S/c11-9-5-7-3-1-2-4-8(7)6-10(9)14(12)13/h1-6H,(H,12,13)/p-1. The van der Waals surface area contributed by atoms with Gasteiger partial charge in [-0.15, -0.1) is 0 Å². The Bertz CT molecular complexity index is 510. The van der Waals surface area contributed by atoms with Gasteiger partial charge in [-0.05, 0) is 49.9 Å². The Kier molecular flexibility index (Phi) is 2.67. The van der Waals surface area contributed by atoms with Crippen LogP contribution >= 0.6 is 15.9 Å². The molecule has 0 aliphatic rings. The van der Waals surface area contributed by atoms with Gasteiger partial charge in [0.15, 0.2) is 0 Å². The highest BCUT2D eigenvalue weighted by atomic mass is 79.9. The van der Waals surface area contributed by atoms with Crippen LogP contribution in [0.25, 0.3) is 10.8 Å². The van der Waals surface area contributed by atoms with Crippen LogP contribution in [-0.2, 0) is 11.1 Å². The first-order valence-corrected chi connectivity index (χ1v) is 5.83. The lowest BCUT2D eigenvalue weighted by Crippen LogP contribution is -1.90. The van der Waals surface area contributed by atoms with Crippen molar-refractivity contribution in [2.45, 2.75) is 4.90 Å². The van der Waals surface area contributed by atoms with Crippen LogP contribution in [0.1, 0.15) is 0 Å². The van der Waals surface area contributed by atoms with E-state index in [1.165, 1.54) is 0 Å². The molecule has 14 heavy (non-hydrogen) atoms. The van der Waals surface area contributed by atoms with Crippen molar-refractivity contribution in [3.63, 3.8) is 0 Å². The molecule has 72 valence electrons. The van der Waals surface area contributed by atoms with Gasteiger partial charge in [0, 0.05) is 9.37 Å². The monoisotopic (exact) mass is 269 g/mol. The lowest BCUT2D eigenvalue weighted by Gasteiger charge is -2.09. The molecule has 1 unspecified atom stereocenters. The predicted molar refractivity (Wildman–Crippen MR) is 58.8 cm³/mol. The van der Waals surface area contributed by atoms with Crippen LogP contribution in [0.15, 0.2) is 45.8 Å². The molecule has 4 heteroatoms. The first-order valence-electron chi connectivity index (χ1n) is 3.96. The van der Waals surface area contributed by atoms with Crippen LogP contribution in [-0.4, -0.2) is 8.76 Å². The minimum Gasteiger partial charge on any atom is -0.768 e. The summed E-state index contributed by atoms with van der Waals surface area (Å²) in [5, 5.41) is 1.95. The van der Waals surface area contributed by atoms with Crippen molar-refractivity contribution in [1.82, 2.24) is 0 Å². The normalized spacial score (nSPS) is 13.0. The Morgan fingerprint density at radius 1 is 1.14 bits per heavy atom. The fourth-order valence-corrected chi connectivity index (χ4v) is 2.52. The van der Waals surface area contributed by atoms with E-state index < -0.39 is 11.1 Å². The number of hydrogen-bond acceptors (Lipinski definition) is 2. The molecule has 0 aliphatic carbocycles. The van der Waals surface area contributed by atoms with Crippen LogP contribution in [0.3, 0.4) is 0 Å². The van der Waals surface area contributed by atoms with Crippen molar-refractivity contribution in [2.24, 2.45) is 0 Å². The second kappa shape index (κ2) is 3.81. The van der Waals surface area contributed by atoms with Gasteiger partial charge < -0.3 is 4.55 Å². The van der Waals surface area contributed by atoms with E-state index >= 15 is 0 Å². The van der Waals surface area contributed by atoms with Gasteiger partial charge in [0.05, 0.1) is 0 Å². The van der Waals surface area contributed by atoms with Crippen molar-refractivity contribution < 1.29 is 8.76 Å². The molecule has 0 bridgehead atoms. The SMILES string of the molecule is O=S([O-])c1cc2ccccc2cc1Br. The zero-order valence-corrected chi connectivity index (χ0v) is 9.47. The highest BCUT2D eigenvalue weighted by molar-refractivity contribution is 9.10. The zero-order chi connectivity index (χ0) is 10.1. The Morgan fingerprint density at radius 3 is 2.29 bits per heavy atom. The Morgan fingerprint density at radius 2 is 1.71 bits per heavy atom. The second-order valence-electron chi connectivity index (χ2n) is 2.86. The summed E-state index contributed by atoms with van der Waals surface area (Å²) in [5.74, 6) is 0. The molecule has 0 fully saturated rings. The topological polar surface area (TPSA) is 40.1 Å². The zero-order valence-electron chi connectivity index (χ0n) is 7.07. The maximum Gasteiger partial charge on any atom is 0.0397 e. The number of halogens is 1. The lowest BCUT2D eigenvalue weighted by atomic mass is 10.1. The van der Waals surface area contributed by atoms with Gasteiger partial charge in [-0.1, -0.05) is 24.3 Å². The summed E-state index contributed by atoms with van der Waals surface area (Å²) in [7, 11) is 0. The molecule has 2 rings (SSSR count). The van der Waals surface area contributed by atoms with Crippen molar-refractivity contribution in [2.75, 3.05) is 0 Å². The average Bonchev–Trinajstić information content (AvgIpc) is 2.16. The quantitative estimate of drug-likeness (QED) is 0.747. The molecule has 0 N–H and O–H groups in total. The number of fused-ring (bicyclic) bond motifs is 1. The average molecular weight is 270 g/mol. The summed E-state index contributed by atoms with van der Waals surface area (Å²) in [4.78, 5) is 0.295. The third-order valence-corrected chi connectivity index (χ3v) is 3.60. The first-order chi connectivity index (χ1) is 6.68. The van der Waals surface area contributed by atoms with Crippen LogP contribution in [0.4, 0.5) is 0 Å². The molecule has 2 nitrogen and oxygen atoms in total. The van der Waals surface area contributed by atoms with Gasteiger partial charge in [0.2, 0.25) is 0 Å². The van der Waals surface area contributed by atoms with Crippen LogP contribution in [0.2, 0.25) is 0 Å². The molecule has 0 saturated carbocycles. The number of hydrogen-bond donors (Lipinski definition) is 0. The number of benzene rings is 2. The third kappa shape index (κ3) is 1.73. The molecule has 1 atom stereocenters. The van der Waals surface area contributed by atoms with Crippen LogP contribution in [0.5, 0.6) is 0 Å². The van der Waals surface area contributed by atoms with E-state index in [0.29, 0.717) is 9.37 Å². The summed E-state index contributed by atoms with van der Waals surface area (Å²) < 4.78 is 22.3. The largest absolute Gasteiger partial charge is 0.768 e. The lowest BCUT2D eigenvalue weighted by molar-refractivity contribution is 0.537. The smallest absolute Gasteiger partial charge is 0.0397 e. The Balaban J connectivity index is 2.77.